The molecule has 2 heterocycles. The largest absolute Gasteiger partial charge is 0.495 e. The van der Waals surface area contributed by atoms with Gasteiger partial charge in [0.15, 0.2) is 0 Å². The number of fused-ring (bicyclic) bond motifs is 1. The highest BCUT2D eigenvalue weighted by Crippen LogP contribution is 2.25. The zero-order valence-corrected chi connectivity index (χ0v) is 11.4. The molecule has 0 saturated heterocycles. The molecule has 5 nitrogen and oxygen atoms in total. The molecule has 0 saturated carbocycles. The molecule has 1 amide bonds. The molecule has 0 aliphatic carbocycles. The van der Waals surface area contributed by atoms with Crippen molar-refractivity contribution in [3.63, 3.8) is 0 Å². The summed E-state index contributed by atoms with van der Waals surface area (Å²) in [6.45, 7) is 0.534. The van der Waals surface area contributed by atoms with Gasteiger partial charge < -0.3 is 14.8 Å². The monoisotopic (exact) mass is 288 g/mol. The number of rotatable bonds is 4. The van der Waals surface area contributed by atoms with Crippen LogP contribution in [0.5, 0.6) is 11.5 Å². The second-order valence-corrected chi connectivity index (χ2v) is 4.60. The molecule has 1 N–H and O–H groups in total. The average molecular weight is 288 g/mol. The summed E-state index contributed by atoms with van der Waals surface area (Å²) in [6, 6.07) is 6.43. The summed E-state index contributed by atoms with van der Waals surface area (Å²) in [5.41, 5.74) is 1.41. The number of carbonyl (C=O) groups excluding carboxylic acids is 1. The molecular formula is C15H13FN2O3. The molecular weight excluding hydrogens is 275 g/mol. The van der Waals surface area contributed by atoms with E-state index in [2.05, 4.69) is 10.3 Å². The zero-order chi connectivity index (χ0) is 14.8. The van der Waals surface area contributed by atoms with Crippen LogP contribution in [0.2, 0.25) is 0 Å². The Kier molecular flexibility index (Phi) is 3.43. The Labute approximate surface area is 120 Å². The Morgan fingerprint density at radius 1 is 1.33 bits per heavy atom. The number of pyridine rings is 1. The van der Waals surface area contributed by atoms with Crippen molar-refractivity contribution >= 4 is 5.91 Å². The summed E-state index contributed by atoms with van der Waals surface area (Å²) in [6.07, 6.45) is 1.59. The van der Waals surface area contributed by atoms with Gasteiger partial charge in [0.2, 0.25) is 0 Å². The van der Waals surface area contributed by atoms with Crippen molar-refractivity contribution in [3.05, 3.63) is 53.1 Å². The lowest BCUT2D eigenvalue weighted by Crippen LogP contribution is -2.13. The predicted molar refractivity (Wildman–Crippen MR) is 72.7 cm³/mol. The van der Waals surface area contributed by atoms with Crippen LogP contribution in [0.4, 0.5) is 4.39 Å². The number of carbonyl (C=O) groups is 1. The van der Waals surface area contributed by atoms with Gasteiger partial charge in [-0.25, -0.2) is 4.39 Å². The third kappa shape index (κ3) is 2.65. The van der Waals surface area contributed by atoms with Crippen LogP contribution in [0.1, 0.15) is 21.6 Å². The highest BCUT2D eigenvalue weighted by atomic mass is 19.1. The first-order chi connectivity index (χ1) is 10.2. The van der Waals surface area contributed by atoms with E-state index in [1.807, 2.05) is 0 Å². The third-order valence-electron chi connectivity index (χ3n) is 3.23. The summed E-state index contributed by atoms with van der Waals surface area (Å²) >= 11 is 0. The highest BCUT2D eigenvalue weighted by Gasteiger charge is 2.24. The van der Waals surface area contributed by atoms with Crippen molar-refractivity contribution in [2.75, 3.05) is 7.11 Å². The van der Waals surface area contributed by atoms with Gasteiger partial charge in [-0.15, -0.1) is 0 Å². The van der Waals surface area contributed by atoms with Crippen LogP contribution in [0, 0.1) is 5.82 Å². The van der Waals surface area contributed by atoms with Crippen LogP contribution in [0.3, 0.4) is 0 Å². The fourth-order valence-corrected chi connectivity index (χ4v) is 2.15. The fraction of sp³-hybridized carbons (Fsp3) is 0.200. The van der Waals surface area contributed by atoms with Crippen LogP contribution in [-0.2, 0) is 13.2 Å². The quantitative estimate of drug-likeness (QED) is 0.935. The van der Waals surface area contributed by atoms with Gasteiger partial charge in [-0.05, 0) is 23.8 Å². The molecule has 1 aromatic heterocycles. The maximum absolute atomic E-state index is 13.9. The normalized spacial score (nSPS) is 12.8. The first-order valence-electron chi connectivity index (χ1n) is 6.39. The molecule has 0 radical (unpaired) electrons. The standard InChI is InChI=1S/C15H13FN2O3/c1-20-11-3-2-10(17-7-11)8-21-12-4-9-6-18-15(19)14(9)13(16)5-12/h2-5,7H,6,8H2,1H3,(H,18,19). The minimum Gasteiger partial charge on any atom is -0.495 e. The molecule has 1 aliphatic rings. The van der Waals surface area contributed by atoms with Gasteiger partial charge >= 0.3 is 0 Å². The molecule has 21 heavy (non-hydrogen) atoms. The summed E-state index contributed by atoms with van der Waals surface area (Å²) in [7, 11) is 1.57. The van der Waals surface area contributed by atoms with E-state index in [-0.39, 0.29) is 18.1 Å². The smallest absolute Gasteiger partial charge is 0.254 e. The predicted octanol–water partition coefficient (Wildman–Crippen LogP) is 2.05. The van der Waals surface area contributed by atoms with Gasteiger partial charge in [0, 0.05) is 12.6 Å². The minimum absolute atomic E-state index is 0.102. The van der Waals surface area contributed by atoms with E-state index in [4.69, 9.17) is 9.47 Å². The van der Waals surface area contributed by atoms with E-state index >= 15 is 0 Å². The van der Waals surface area contributed by atoms with E-state index in [1.165, 1.54) is 6.07 Å². The SMILES string of the molecule is COc1ccc(COc2cc(F)c3c(c2)CNC3=O)nc1. The number of hydrogen-bond donors (Lipinski definition) is 1. The lowest BCUT2D eigenvalue weighted by atomic mass is 10.1. The summed E-state index contributed by atoms with van der Waals surface area (Å²) in [5, 5.41) is 2.58. The molecule has 0 spiro atoms. The van der Waals surface area contributed by atoms with Crippen molar-refractivity contribution in [2.45, 2.75) is 13.2 Å². The van der Waals surface area contributed by atoms with Crippen molar-refractivity contribution in [1.29, 1.82) is 0 Å². The molecule has 0 fully saturated rings. The van der Waals surface area contributed by atoms with Crippen LogP contribution in [0.15, 0.2) is 30.5 Å². The number of nitrogens with zero attached hydrogens (tertiary/aromatic N) is 1. The Hall–Kier alpha value is -2.63. The van der Waals surface area contributed by atoms with E-state index in [9.17, 15) is 9.18 Å². The van der Waals surface area contributed by atoms with Crippen LogP contribution in [0.25, 0.3) is 0 Å². The number of halogens is 1. The lowest BCUT2D eigenvalue weighted by Gasteiger charge is -2.08. The van der Waals surface area contributed by atoms with Gasteiger partial charge in [-0.2, -0.15) is 0 Å². The van der Waals surface area contributed by atoms with E-state index in [0.717, 1.165) is 0 Å². The molecule has 3 rings (SSSR count). The van der Waals surface area contributed by atoms with Gasteiger partial charge in [0.25, 0.3) is 5.91 Å². The highest BCUT2D eigenvalue weighted by molar-refractivity contribution is 5.98. The van der Waals surface area contributed by atoms with Gasteiger partial charge in [0.1, 0.15) is 23.9 Å². The third-order valence-corrected chi connectivity index (χ3v) is 3.23. The molecule has 108 valence electrons. The fourth-order valence-electron chi connectivity index (χ4n) is 2.15. The summed E-state index contributed by atoms with van der Waals surface area (Å²) < 4.78 is 24.4. The van der Waals surface area contributed by atoms with E-state index in [1.54, 1.807) is 31.5 Å². The number of benzene rings is 1. The molecule has 0 unspecified atom stereocenters. The van der Waals surface area contributed by atoms with Gasteiger partial charge in [-0.1, -0.05) is 0 Å². The Morgan fingerprint density at radius 2 is 2.19 bits per heavy atom. The molecule has 1 aliphatic heterocycles. The van der Waals surface area contributed by atoms with Crippen molar-refractivity contribution in [2.24, 2.45) is 0 Å². The maximum Gasteiger partial charge on any atom is 0.254 e. The molecule has 1 aromatic carbocycles. The Bertz CT molecular complexity index is 686. The molecule has 2 aromatic rings. The average Bonchev–Trinajstić information content (AvgIpc) is 2.87. The maximum atomic E-state index is 13.9. The first kappa shape index (κ1) is 13.4. The molecule has 0 atom stereocenters. The molecule has 0 bridgehead atoms. The zero-order valence-electron chi connectivity index (χ0n) is 11.4. The number of ether oxygens (including phenoxy) is 2. The van der Waals surface area contributed by atoms with Crippen molar-refractivity contribution < 1.29 is 18.7 Å². The van der Waals surface area contributed by atoms with Gasteiger partial charge in [0.05, 0.1) is 24.6 Å². The van der Waals surface area contributed by atoms with E-state index in [0.29, 0.717) is 29.3 Å². The minimum atomic E-state index is -0.569. The Morgan fingerprint density at radius 3 is 2.90 bits per heavy atom. The molecule has 6 heteroatoms. The van der Waals surface area contributed by atoms with Crippen LogP contribution >= 0.6 is 0 Å². The second-order valence-electron chi connectivity index (χ2n) is 4.60. The van der Waals surface area contributed by atoms with E-state index < -0.39 is 5.82 Å². The number of aromatic nitrogens is 1. The van der Waals surface area contributed by atoms with Crippen molar-refractivity contribution in [3.8, 4) is 11.5 Å². The number of nitrogens with one attached hydrogen (secondary N) is 1. The lowest BCUT2D eigenvalue weighted by molar-refractivity contribution is 0.0962. The summed E-state index contributed by atoms with van der Waals surface area (Å²) in [4.78, 5) is 15.6. The Balaban J connectivity index is 1.73. The number of hydrogen-bond acceptors (Lipinski definition) is 4. The number of amides is 1. The van der Waals surface area contributed by atoms with Crippen molar-refractivity contribution in [1.82, 2.24) is 10.3 Å². The van der Waals surface area contributed by atoms with Gasteiger partial charge in [-0.3, -0.25) is 9.78 Å². The number of methoxy groups -OCH3 is 1. The first-order valence-corrected chi connectivity index (χ1v) is 6.39. The topological polar surface area (TPSA) is 60.5 Å². The second kappa shape index (κ2) is 5.40. The van der Waals surface area contributed by atoms with Crippen LogP contribution in [-0.4, -0.2) is 18.0 Å². The summed E-state index contributed by atoms with van der Waals surface area (Å²) in [5.74, 6) is 0.0818. The van der Waals surface area contributed by atoms with Crippen LogP contribution < -0.4 is 14.8 Å².